The first-order chi connectivity index (χ1) is 12.4. The molecule has 0 aromatic heterocycles. The summed E-state index contributed by atoms with van der Waals surface area (Å²) in [6, 6.07) is 10.7. The Morgan fingerprint density at radius 1 is 1.19 bits per heavy atom. The standard InChI is InChI=1S/C20H20FNO3S/c21-19-12-20(14-22,11-10-18(19)16-4-2-1-3-5-16)26(24,25)13-15-6-8-17(23)9-7-15/h1-5,10-11,15H,6-9,12-13H2. The molecule has 1 fully saturated rings. The van der Waals surface area contributed by atoms with Gasteiger partial charge in [0.25, 0.3) is 0 Å². The smallest absolute Gasteiger partial charge is 0.183 e. The highest BCUT2D eigenvalue weighted by molar-refractivity contribution is 7.93. The van der Waals surface area contributed by atoms with E-state index in [1.54, 1.807) is 24.3 Å². The van der Waals surface area contributed by atoms with Gasteiger partial charge in [-0.05, 0) is 30.4 Å². The van der Waals surface area contributed by atoms with Gasteiger partial charge in [-0.2, -0.15) is 5.26 Å². The minimum atomic E-state index is -3.88. The number of nitriles is 1. The summed E-state index contributed by atoms with van der Waals surface area (Å²) in [6.45, 7) is 0. The average Bonchev–Trinajstić information content (AvgIpc) is 2.64. The Labute approximate surface area is 152 Å². The molecule has 6 heteroatoms. The van der Waals surface area contributed by atoms with Crippen molar-refractivity contribution in [2.45, 2.75) is 36.9 Å². The number of sulfone groups is 1. The van der Waals surface area contributed by atoms with Gasteiger partial charge in [0, 0.05) is 24.8 Å². The molecule has 4 nitrogen and oxygen atoms in total. The van der Waals surface area contributed by atoms with Crippen LogP contribution in [-0.4, -0.2) is 24.7 Å². The van der Waals surface area contributed by atoms with Crippen LogP contribution in [0.4, 0.5) is 4.39 Å². The molecule has 0 radical (unpaired) electrons. The van der Waals surface area contributed by atoms with E-state index in [9.17, 15) is 22.9 Å². The number of halogens is 1. The lowest BCUT2D eigenvalue weighted by atomic mass is 9.90. The van der Waals surface area contributed by atoms with Crippen LogP contribution in [0.1, 0.15) is 37.7 Å². The van der Waals surface area contributed by atoms with Gasteiger partial charge in [0.2, 0.25) is 0 Å². The van der Waals surface area contributed by atoms with Crippen molar-refractivity contribution in [3.05, 3.63) is 53.9 Å². The van der Waals surface area contributed by atoms with E-state index >= 15 is 0 Å². The maximum atomic E-state index is 14.7. The fourth-order valence-electron chi connectivity index (χ4n) is 3.55. The minimum absolute atomic E-state index is 0.146. The molecule has 1 aromatic rings. The molecule has 2 aliphatic carbocycles. The second kappa shape index (κ2) is 7.16. The largest absolute Gasteiger partial charge is 0.300 e. The SMILES string of the molecule is N#CC1(S(=O)(=O)CC2CCC(=O)CC2)C=CC(c2ccccc2)=C(F)C1. The molecule has 136 valence electrons. The molecule has 26 heavy (non-hydrogen) atoms. The van der Waals surface area contributed by atoms with Gasteiger partial charge in [-0.3, -0.25) is 4.79 Å². The fourth-order valence-corrected chi connectivity index (χ4v) is 5.56. The number of rotatable bonds is 4. The molecular weight excluding hydrogens is 353 g/mol. The van der Waals surface area contributed by atoms with Crippen LogP contribution in [0.2, 0.25) is 0 Å². The van der Waals surface area contributed by atoms with Crippen LogP contribution >= 0.6 is 0 Å². The first-order valence-electron chi connectivity index (χ1n) is 8.65. The Hall–Kier alpha value is -2.26. The van der Waals surface area contributed by atoms with E-state index in [-0.39, 0.29) is 17.5 Å². The van der Waals surface area contributed by atoms with Crippen LogP contribution in [0.15, 0.2) is 48.3 Å². The molecule has 0 amide bonds. The maximum Gasteiger partial charge on any atom is 0.183 e. The zero-order chi connectivity index (χ0) is 18.8. The molecule has 0 heterocycles. The van der Waals surface area contributed by atoms with Crippen LogP contribution < -0.4 is 0 Å². The predicted octanol–water partition coefficient (Wildman–Crippen LogP) is 3.76. The van der Waals surface area contributed by atoms with E-state index in [4.69, 9.17) is 0 Å². The monoisotopic (exact) mass is 373 g/mol. The highest BCUT2D eigenvalue weighted by Crippen LogP contribution is 2.39. The molecule has 0 saturated heterocycles. The number of allylic oxidation sites excluding steroid dienone is 3. The number of carbonyl (C=O) groups excluding carboxylic acids is 1. The Bertz CT molecular complexity index is 902. The van der Waals surface area contributed by atoms with Crippen LogP contribution in [0.5, 0.6) is 0 Å². The van der Waals surface area contributed by atoms with Crippen LogP contribution in [0, 0.1) is 17.2 Å². The van der Waals surface area contributed by atoms with Gasteiger partial charge in [0.05, 0.1) is 11.8 Å². The molecule has 2 aliphatic rings. The third-order valence-electron chi connectivity index (χ3n) is 5.18. The zero-order valence-electron chi connectivity index (χ0n) is 14.3. The number of hydrogen-bond donors (Lipinski definition) is 0. The van der Waals surface area contributed by atoms with Gasteiger partial charge in [-0.1, -0.05) is 36.4 Å². The first kappa shape index (κ1) is 18.5. The number of nitrogens with zero attached hydrogens (tertiary/aromatic N) is 1. The van der Waals surface area contributed by atoms with E-state index in [1.807, 2.05) is 12.1 Å². The summed E-state index contributed by atoms with van der Waals surface area (Å²) in [6.07, 6.45) is 4.02. The molecule has 1 unspecified atom stereocenters. The summed E-state index contributed by atoms with van der Waals surface area (Å²) in [5.74, 6) is -0.791. The molecule has 0 spiro atoms. The summed E-state index contributed by atoms with van der Waals surface area (Å²) in [5, 5.41) is 9.60. The Balaban J connectivity index is 1.84. The van der Waals surface area contributed by atoms with Gasteiger partial charge in [0.1, 0.15) is 11.6 Å². The zero-order valence-corrected chi connectivity index (χ0v) is 15.1. The normalized spacial score (nSPS) is 24.5. The molecular formula is C20H20FNO3S. The summed E-state index contributed by atoms with van der Waals surface area (Å²) < 4.78 is 38.7. The molecule has 0 aliphatic heterocycles. The Morgan fingerprint density at radius 3 is 2.42 bits per heavy atom. The number of Topliss-reactive ketones (excluding diaryl/α,β-unsaturated/α-hetero) is 1. The van der Waals surface area contributed by atoms with Crippen LogP contribution in [0.25, 0.3) is 5.57 Å². The van der Waals surface area contributed by atoms with Crippen molar-refractivity contribution >= 4 is 21.2 Å². The minimum Gasteiger partial charge on any atom is -0.300 e. The van der Waals surface area contributed by atoms with Gasteiger partial charge >= 0.3 is 0 Å². The van der Waals surface area contributed by atoms with Gasteiger partial charge in [-0.15, -0.1) is 0 Å². The molecule has 3 rings (SSSR count). The third-order valence-corrected chi connectivity index (χ3v) is 7.57. The number of hydrogen-bond acceptors (Lipinski definition) is 4. The highest BCUT2D eigenvalue weighted by atomic mass is 32.2. The van der Waals surface area contributed by atoms with Crippen LogP contribution in [-0.2, 0) is 14.6 Å². The second-order valence-electron chi connectivity index (χ2n) is 6.96. The Kier molecular flexibility index (Phi) is 5.10. The number of carbonyl (C=O) groups is 1. The van der Waals surface area contributed by atoms with E-state index in [0.717, 1.165) is 0 Å². The molecule has 0 N–H and O–H groups in total. The summed E-state index contributed by atoms with van der Waals surface area (Å²) in [5.41, 5.74) is 0.964. The lowest BCUT2D eigenvalue weighted by Gasteiger charge is -2.29. The van der Waals surface area contributed by atoms with E-state index in [2.05, 4.69) is 0 Å². The molecule has 1 atom stereocenters. The van der Waals surface area contributed by atoms with E-state index in [1.165, 1.54) is 12.2 Å². The van der Waals surface area contributed by atoms with Gasteiger partial charge < -0.3 is 0 Å². The lowest BCUT2D eigenvalue weighted by molar-refractivity contribution is -0.120. The number of ketones is 1. The van der Waals surface area contributed by atoms with Crippen molar-refractivity contribution in [3.8, 4) is 6.07 Å². The quantitative estimate of drug-likeness (QED) is 0.805. The van der Waals surface area contributed by atoms with Crippen molar-refractivity contribution in [1.82, 2.24) is 0 Å². The van der Waals surface area contributed by atoms with Crippen molar-refractivity contribution in [1.29, 1.82) is 5.26 Å². The van der Waals surface area contributed by atoms with Crippen molar-refractivity contribution in [2.24, 2.45) is 5.92 Å². The highest BCUT2D eigenvalue weighted by Gasteiger charge is 2.46. The molecule has 1 aromatic carbocycles. The summed E-state index contributed by atoms with van der Waals surface area (Å²) in [7, 11) is -3.88. The summed E-state index contributed by atoms with van der Waals surface area (Å²) >= 11 is 0. The summed E-state index contributed by atoms with van der Waals surface area (Å²) in [4.78, 5) is 11.3. The molecule has 0 bridgehead atoms. The predicted molar refractivity (Wildman–Crippen MR) is 97.3 cm³/mol. The fraction of sp³-hybridized carbons (Fsp3) is 0.400. The lowest BCUT2D eigenvalue weighted by Crippen LogP contribution is -2.40. The third kappa shape index (κ3) is 3.49. The number of benzene rings is 1. The Morgan fingerprint density at radius 2 is 1.85 bits per heavy atom. The van der Waals surface area contributed by atoms with Crippen molar-refractivity contribution < 1.29 is 17.6 Å². The molecule has 1 saturated carbocycles. The average molecular weight is 373 g/mol. The van der Waals surface area contributed by atoms with Gasteiger partial charge in [-0.25, -0.2) is 12.8 Å². The van der Waals surface area contributed by atoms with Crippen molar-refractivity contribution in [3.63, 3.8) is 0 Å². The van der Waals surface area contributed by atoms with E-state index < -0.39 is 26.8 Å². The second-order valence-corrected chi connectivity index (χ2v) is 9.25. The topological polar surface area (TPSA) is 75.0 Å². The van der Waals surface area contributed by atoms with Crippen molar-refractivity contribution in [2.75, 3.05) is 5.75 Å². The van der Waals surface area contributed by atoms with Crippen LogP contribution in [0.3, 0.4) is 0 Å². The first-order valence-corrected chi connectivity index (χ1v) is 10.3. The maximum absolute atomic E-state index is 14.7. The van der Waals surface area contributed by atoms with Gasteiger partial charge in [0.15, 0.2) is 14.6 Å². The van der Waals surface area contributed by atoms with E-state index in [0.29, 0.717) is 36.8 Å².